The van der Waals surface area contributed by atoms with Crippen LogP contribution in [0.15, 0.2) is 47.6 Å². The molecule has 0 fully saturated rings. The third kappa shape index (κ3) is 3.71. The van der Waals surface area contributed by atoms with Crippen molar-refractivity contribution in [1.82, 2.24) is 26.0 Å². The van der Waals surface area contributed by atoms with Crippen molar-refractivity contribution in [2.45, 2.75) is 19.1 Å². The Morgan fingerprint density at radius 3 is 2.74 bits per heavy atom. The molecule has 2 aromatic carbocycles. The largest absolute Gasteiger partial charge is 0.493 e. The third-order valence-corrected chi connectivity index (χ3v) is 4.27. The van der Waals surface area contributed by atoms with Crippen molar-refractivity contribution in [2.24, 2.45) is 5.10 Å². The number of benzene rings is 2. The number of rotatable bonds is 6. The highest BCUT2D eigenvalue weighted by Gasteiger charge is 2.22. The summed E-state index contributed by atoms with van der Waals surface area (Å²) in [6, 6.07) is 12.1. The standard InChI is InChI=1S/C18H17FN6O2/c1-26-17-8-12(4-7-16(17)27-10-18-22-24-25-23-18)15-9-14(20-21-15)11-2-5-13(19)6-3-11/h2-8,14,20H,9-10H2,1H3,(H,22,23,24,25). The predicted octanol–water partition coefficient (Wildman–Crippen LogP) is 2.37. The number of nitrogens with zero attached hydrogens (tertiary/aromatic N) is 4. The van der Waals surface area contributed by atoms with Crippen LogP contribution in [0.3, 0.4) is 0 Å². The number of halogens is 1. The quantitative estimate of drug-likeness (QED) is 0.693. The van der Waals surface area contributed by atoms with Gasteiger partial charge in [0.05, 0.1) is 18.9 Å². The molecule has 0 aliphatic carbocycles. The molecule has 1 atom stereocenters. The van der Waals surface area contributed by atoms with Crippen LogP contribution >= 0.6 is 0 Å². The van der Waals surface area contributed by atoms with Crippen molar-refractivity contribution in [3.8, 4) is 11.5 Å². The molecule has 1 aromatic heterocycles. The third-order valence-electron chi connectivity index (χ3n) is 4.27. The maximum atomic E-state index is 13.1. The number of methoxy groups -OCH3 is 1. The van der Waals surface area contributed by atoms with Crippen molar-refractivity contribution in [1.29, 1.82) is 0 Å². The van der Waals surface area contributed by atoms with E-state index in [9.17, 15) is 4.39 Å². The molecule has 4 rings (SSSR count). The summed E-state index contributed by atoms with van der Waals surface area (Å²) < 4.78 is 24.2. The summed E-state index contributed by atoms with van der Waals surface area (Å²) in [7, 11) is 1.58. The first-order valence-electron chi connectivity index (χ1n) is 8.34. The lowest BCUT2D eigenvalue weighted by Crippen LogP contribution is -2.09. The Labute approximate surface area is 154 Å². The molecule has 0 amide bonds. The molecule has 0 radical (unpaired) electrons. The number of nitrogens with one attached hydrogen (secondary N) is 2. The molecule has 1 unspecified atom stereocenters. The Balaban J connectivity index is 1.46. The molecule has 0 spiro atoms. The summed E-state index contributed by atoms with van der Waals surface area (Å²) in [4.78, 5) is 0. The zero-order valence-electron chi connectivity index (χ0n) is 14.5. The Morgan fingerprint density at radius 2 is 2.00 bits per heavy atom. The average molecular weight is 368 g/mol. The van der Waals surface area contributed by atoms with Crippen LogP contribution in [0.4, 0.5) is 4.39 Å². The van der Waals surface area contributed by atoms with Gasteiger partial charge >= 0.3 is 0 Å². The lowest BCUT2D eigenvalue weighted by Gasteiger charge is -2.12. The van der Waals surface area contributed by atoms with Crippen molar-refractivity contribution < 1.29 is 13.9 Å². The number of H-pyrrole nitrogens is 1. The van der Waals surface area contributed by atoms with E-state index in [1.807, 2.05) is 18.2 Å². The Hall–Kier alpha value is -3.49. The second-order valence-electron chi connectivity index (χ2n) is 5.98. The summed E-state index contributed by atoms with van der Waals surface area (Å²) >= 11 is 0. The van der Waals surface area contributed by atoms with Gasteiger partial charge in [-0.05, 0) is 35.9 Å². The minimum absolute atomic E-state index is 0.0146. The van der Waals surface area contributed by atoms with Crippen LogP contribution < -0.4 is 14.9 Å². The van der Waals surface area contributed by atoms with Gasteiger partial charge in [0.25, 0.3) is 0 Å². The number of tetrazole rings is 1. The van der Waals surface area contributed by atoms with Gasteiger partial charge in [0, 0.05) is 12.0 Å². The normalized spacial score (nSPS) is 15.9. The van der Waals surface area contributed by atoms with E-state index in [1.165, 1.54) is 12.1 Å². The van der Waals surface area contributed by atoms with Crippen LogP contribution in [0.2, 0.25) is 0 Å². The fraction of sp³-hybridized carbons (Fsp3) is 0.222. The molecule has 138 valence electrons. The summed E-state index contributed by atoms with van der Waals surface area (Å²) in [5.41, 5.74) is 5.91. The highest BCUT2D eigenvalue weighted by Crippen LogP contribution is 2.31. The summed E-state index contributed by atoms with van der Waals surface area (Å²) in [6.45, 7) is 0.182. The number of aromatic amines is 1. The van der Waals surface area contributed by atoms with Gasteiger partial charge < -0.3 is 14.9 Å². The van der Waals surface area contributed by atoms with Crippen LogP contribution in [0.1, 0.15) is 29.4 Å². The van der Waals surface area contributed by atoms with Gasteiger partial charge in [0.2, 0.25) is 5.82 Å². The lowest BCUT2D eigenvalue weighted by molar-refractivity contribution is 0.276. The van der Waals surface area contributed by atoms with E-state index in [0.717, 1.165) is 16.8 Å². The molecule has 1 aliphatic heterocycles. The molecule has 9 heteroatoms. The van der Waals surface area contributed by atoms with Crippen molar-refractivity contribution in [3.63, 3.8) is 0 Å². The van der Waals surface area contributed by atoms with E-state index < -0.39 is 0 Å². The topological polar surface area (TPSA) is 97.3 Å². The molecule has 3 aromatic rings. The summed E-state index contributed by atoms with van der Waals surface area (Å²) in [6.07, 6.45) is 0.692. The zero-order chi connectivity index (χ0) is 18.6. The average Bonchev–Trinajstić information content (AvgIpc) is 3.39. The maximum Gasteiger partial charge on any atom is 0.211 e. The van der Waals surface area contributed by atoms with E-state index in [2.05, 4.69) is 31.2 Å². The van der Waals surface area contributed by atoms with Crippen molar-refractivity contribution in [3.05, 3.63) is 65.2 Å². The fourth-order valence-electron chi connectivity index (χ4n) is 2.86. The van der Waals surface area contributed by atoms with Crippen molar-refractivity contribution >= 4 is 5.71 Å². The Morgan fingerprint density at radius 1 is 1.15 bits per heavy atom. The molecule has 0 saturated heterocycles. The van der Waals surface area contributed by atoms with Gasteiger partial charge in [-0.25, -0.2) is 4.39 Å². The molecule has 2 heterocycles. The van der Waals surface area contributed by atoms with Gasteiger partial charge in [-0.2, -0.15) is 10.3 Å². The van der Waals surface area contributed by atoms with Gasteiger partial charge in [-0.1, -0.05) is 17.3 Å². The first-order valence-corrected chi connectivity index (χ1v) is 8.34. The summed E-state index contributed by atoms with van der Waals surface area (Å²) in [5.74, 6) is 1.36. The monoisotopic (exact) mass is 368 g/mol. The van der Waals surface area contributed by atoms with Gasteiger partial charge in [0.1, 0.15) is 5.82 Å². The van der Waals surface area contributed by atoms with E-state index in [0.29, 0.717) is 23.7 Å². The van der Waals surface area contributed by atoms with Crippen LogP contribution in [0.25, 0.3) is 0 Å². The fourth-order valence-corrected chi connectivity index (χ4v) is 2.86. The first kappa shape index (κ1) is 17.0. The van der Waals surface area contributed by atoms with Crippen molar-refractivity contribution in [2.75, 3.05) is 7.11 Å². The predicted molar refractivity (Wildman–Crippen MR) is 94.9 cm³/mol. The lowest BCUT2D eigenvalue weighted by atomic mass is 9.99. The number of aromatic nitrogens is 4. The number of hydrazone groups is 1. The zero-order valence-corrected chi connectivity index (χ0v) is 14.5. The van der Waals surface area contributed by atoms with E-state index in [1.54, 1.807) is 19.2 Å². The second kappa shape index (κ2) is 7.40. The van der Waals surface area contributed by atoms with Gasteiger partial charge in [-0.15, -0.1) is 10.2 Å². The summed E-state index contributed by atoms with van der Waals surface area (Å²) in [5, 5.41) is 18.0. The SMILES string of the molecule is COc1cc(C2=NNC(c3ccc(F)cc3)C2)ccc1OCc1nn[nH]n1. The maximum absolute atomic E-state index is 13.1. The second-order valence-corrected chi connectivity index (χ2v) is 5.98. The number of hydrogen-bond acceptors (Lipinski definition) is 7. The minimum Gasteiger partial charge on any atom is -0.493 e. The van der Waals surface area contributed by atoms with E-state index in [4.69, 9.17) is 9.47 Å². The van der Waals surface area contributed by atoms with Crippen LogP contribution in [-0.2, 0) is 6.61 Å². The smallest absolute Gasteiger partial charge is 0.211 e. The Kier molecular flexibility index (Phi) is 4.65. The molecule has 8 nitrogen and oxygen atoms in total. The molecule has 0 bridgehead atoms. The molecular weight excluding hydrogens is 351 g/mol. The van der Waals surface area contributed by atoms with Gasteiger partial charge in [-0.3, -0.25) is 0 Å². The van der Waals surface area contributed by atoms with Crippen LogP contribution in [-0.4, -0.2) is 33.4 Å². The highest BCUT2D eigenvalue weighted by atomic mass is 19.1. The highest BCUT2D eigenvalue weighted by molar-refractivity contribution is 6.02. The molecule has 27 heavy (non-hydrogen) atoms. The van der Waals surface area contributed by atoms with Gasteiger partial charge in [0.15, 0.2) is 18.1 Å². The number of ether oxygens (including phenoxy) is 2. The minimum atomic E-state index is -0.251. The van der Waals surface area contributed by atoms with Crippen LogP contribution in [0.5, 0.6) is 11.5 Å². The number of hydrogen-bond donors (Lipinski definition) is 2. The van der Waals surface area contributed by atoms with E-state index in [-0.39, 0.29) is 18.5 Å². The van der Waals surface area contributed by atoms with Crippen LogP contribution in [0, 0.1) is 5.82 Å². The molecule has 2 N–H and O–H groups in total. The molecule has 1 aliphatic rings. The first-order chi connectivity index (χ1) is 13.2. The molecular formula is C18H17FN6O2. The van der Waals surface area contributed by atoms with E-state index >= 15 is 0 Å². The molecule has 0 saturated carbocycles. The Bertz CT molecular complexity index is 943.